The van der Waals surface area contributed by atoms with E-state index in [0.29, 0.717) is 6.54 Å². The van der Waals surface area contributed by atoms with Crippen molar-refractivity contribution in [1.29, 1.82) is 0 Å². The zero-order valence-corrected chi connectivity index (χ0v) is 13.4. The van der Waals surface area contributed by atoms with Crippen LogP contribution in [0.5, 0.6) is 0 Å². The molecule has 1 aromatic rings. The molecule has 0 aliphatic carbocycles. The van der Waals surface area contributed by atoms with Gasteiger partial charge in [-0.2, -0.15) is 0 Å². The minimum Gasteiger partial charge on any atom is -0.340 e. The second-order valence-corrected chi connectivity index (χ2v) is 6.95. The number of rotatable bonds is 5. The summed E-state index contributed by atoms with van der Waals surface area (Å²) in [5.74, 6) is 0.200. The average molecular weight is 316 g/mol. The quantitative estimate of drug-likeness (QED) is 0.904. The van der Waals surface area contributed by atoms with Crippen LogP contribution in [0.3, 0.4) is 0 Å². The summed E-state index contributed by atoms with van der Waals surface area (Å²) in [6.07, 6.45) is 0.823. The molecule has 6 heteroatoms. The lowest BCUT2D eigenvalue weighted by Crippen LogP contribution is -2.50. The van der Waals surface area contributed by atoms with Gasteiger partial charge in [-0.15, -0.1) is 11.3 Å². The maximum absolute atomic E-state index is 12.2. The van der Waals surface area contributed by atoms with Gasteiger partial charge in [0.2, 0.25) is 5.91 Å². The first kappa shape index (κ1) is 15.8. The zero-order valence-electron chi connectivity index (χ0n) is 11.8. The molecule has 4 nitrogen and oxygen atoms in total. The molecule has 2 heterocycles. The highest BCUT2D eigenvalue weighted by Gasteiger charge is 2.25. The summed E-state index contributed by atoms with van der Waals surface area (Å²) in [6, 6.07) is 4.01. The summed E-state index contributed by atoms with van der Waals surface area (Å²) in [6.45, 7) is 6.83. The number of halogens is 1. The van der Waals surface area contributed by atoms with E-state index in [1.807, 2.05) is 17.9 Å². The molecule has 1 aliphatic rings. The van der Waals surface area contributed by atoms with Gasteiger partial charge in [0.1, 0.15) is 0 Å². The molecule has 1 amide bonds. The predicted molar refractivity (Wildman–Crippen MR) is 84.0 cm³/mol. The molecule has 1 aliphatic heterocycles. The van der Waals surface area contributed by atoms with Crippen LogP contribution in [0.1, 0.15) is 18.2 Å². The highest BCUT2D eigenvalue weighted by molar-refractivity contribution is 7.16. The Hall–Kier alpha value is -0.620. The van der Waals surface area contributed by atoms with Gasteiger partial charge in [-0.25, -0.2) is 0 Å². The minimum atomic E-state index is -0.0161. The largest absolute Gasteiger partial charge is 0.340 e. The maximum atomic E-state index is 12.2. The second-order valence-electron chi connectivity index (χ2n) is 5.15. The molecule has 1 fully saturated rings. The van der Waals surface area contributed by atoms with E-state index >= 15 is 0 Å². The van der Waals surface area contributed by atoms with Crippen LogP contribution < -0.4 is 5.73 Å². The highest BCUT2D eigenvalue weighted by Crippen LogP contribution is 2.23. The summed E-state index contributed by atoms with van der Waals surface area (Å²) in [4.78, 5) is 17.8. The van der Waals surface area contributed by atoms with Gasteiger partial charge in [-0.1, -0.05) is 18.5 Å². The maximum Gasteiger partial charge on any atom is 0.227 e. The lowest BCUT2D eigenvalue weighted by atomic mass is 10.0. The molecular weight excluding hydrogens is 294 g/mol. The number of nitrogens with two attached hydrogens (primary N) is 1. The number of amides is 1. The first-order valence-corrected chi connectivity index (χ1v) is 8.29. The smallest absolute Gasteiger partial charge is 0.227 e. The van der Waals surface area contributed by atoms with Crippen molar-refractivity contribution in [2.75, 3.05) is 32.7 Å². The summed E-state index contributed by atoms with van der Waals surface area (Å²) in [7, 11) is 0. The van der Waals surface area contributed by atoms with Gasteiger partial charge in [0.25, 0.3) is 0 Å². The third-order valence-electron chi connectivity index (χ3n) is 3.82. The Balaban J connectivity index is 1.81. The first-order valence-electron chi connectivity index (χ1n) is 7.09. The van der Waals surface area contributed by atoms with Crippen LogP contribution in [0, 0.1) is 5.92 Å². The lowest BCUT2D eigenvalue weighted by Gasteiger charge is -2.36. The summed E-state index contributed by atoms with van der Waals surface area (Å²) >= 11 is 7.57. The second kappa shape index (κ2) is 7.41. The van der Waals surface area contributed by atoms with E-state index in [2.05, 4.69) is 11.0 Å². The molecule has 1 aromatic heterocycles. The average Bonchev–Trinajstić information content (AvgIpc) is 2.86. The SMILES string of the molecule is CCC(CN)C(=O)N1CCN(Cc2ccc(Cl)s2)CC1. The fourth-order valence-electron chi connectivity index (χ4n) is 2.48. The third kappa shape index (κ3) is 3.95. The molecule has 0 radical (unpaired) electrons. The molecule has 1 atom stereocenters. The standard InChI is InChI=1S/C14H22ClN3OS/c1-2-11(9-16)14(19)18-7-5-17(6-8-18)10-12-3-4-13(15)20-12/h3-4,11H,2,5-10,16H2,1H3. The van der Waals surface area contributed by atoms with Crippen LogP contribution in [0.15, 0.2) is 12.1 Å². The topological polar surface area (TPSA) is 49.6 Å². The molecule has 2 N–H and O–H groups in total. The summed E-state index contributed by atoms with van der Waals surface area (Å²) in [5.41, 5.74) is 5.65. The fraction of sp³-hybridized carbons (Fsp3) is 0.643. The van der Waals surface area contributed by atoms with Crippen LogP contribution in [0.2, 0.25) is 4.34 Å². The van der Waals surface area contributed by atoms with Gasteiger partial charge >= 0.3 is 0 Å². The van der Waals surface area contributed by atoms with Gasteiger partial charge in [0.15, 0.2) is 0 Å². The van der Waals surface area contributed by atoms with E-state index in [-0.39, 0.29) is 11.8 Å². The molecule has 1 unspecified atom stereocenters. The fourth-order valence-corrected chi connectivity index (χ4v) is 3.61. The molecule has 112 valence electrons. The number of thiophene rings is 1. The van der Waals surface area contributed by atoms with Crippen molar-refractivity contribution in [3.8, 4) is 0 Å². The number of carbonyl (C=O) groups is 1. The van der Waals surface area contributed by atoms with Gasteiger partial charge in [0, 0.05) is 44.1 Å². The van der Waals surface area contributed by atoms with Crippen molar-refractivity contribution in [1.82, 2.24) is 9.80 Å². The molecule has 0 spiro atoms. The van der Waals surface area contributed by atoms with Crippen molar-refractivity contribution in [2.24, 2.45) is 11.7 Å². The van der Waals surface area contributed by atoms with Crippen molar-refractivity contribution in [3.05, 3.63) is 21.3 Å². The Morgan fingerprint density at radius 3 is 2.60 bits per heavy atom. The van der Waals surface area contributed by atoms with E-state index in [4.69, 9.17) is 17.3 Å². The number of carbonyl (C=O) groups excluding carboxylic acids is 1. The number of hydrogen-bond acceptors (Lipinski definition) is 4. The van der Waals surface area contributed by atoms with Crippen LogP contribution in [0.25, 0.3) is 0 Å². The molecule has 0 aromatic carbocycles. The molecular formula is C14H22ClN3OS. The van der Waals surface area contributed by atoms with E-state index in [1.54, 1.807) is 11.3 Å². The third-order valence-corrected chi connectivity index (χ3v) is 5.03. The molecule has 2 rings (SSSR count). The van der Waals surface area contributed by atoms with Crippen molar-refractivity contribution in [3.63, 3.8) is 0 Å². The monoisotopic (exact) mass is 315 g/mol. The van der Waals surface area contributed by atoms with Gasteiger partial charge in [-0.3, -0.25) is 9.69 Å². The molecule has 20 heavy (non-hydrogen) atoms. The van der Waals surface area contributed by atoms with Crippen molar-refractivity contribution < 1.29 is 4.79 Å². The van der Waals surface area contributed by atoms with Crippen molar-refractivity contribution >= 4 is 28.8 Å². The van der Waals surface area contributed by atoms with Crippen molar-refractivity contribution in [2.45, 2.75) is 19.9 Å². The van der Waals surface area contributed by atoms with Gasteiger partial charge < -0.3 is 10.6 Å². The summed E-state index contributed by atoms with van der Waals surface area (Å²) in [5, 5.41) is 0. The van der Waals surface area contributed by atoms with Crippen LogP contribution in [-0.2, 0) is 11.3 Å². The Kier molecular flexibility index (Phi) is 5.84. The number of hydrogen-bond donors (Lipinski definition) is 1. The normalized spacial score (nSPS) is 18.2. The molecule has 0 saturated carbocycles. The number of piperazine rings is 1. The Morgan fingerprint density at radius 1 is 1.40 bits per heavy atom. The first-order chi connectivity index (χ1) is 9.63. The van der Waals surface area contributed by atoms with E-state index in [0.717, 1.165) is 43.5 Å². The zero-order chi connectivity index (χ0) is 14.5. The van der Waals surface area contributed by atoms with E-state index in [1.165, 1.54) is 4.88 Å². The van der Waals surface area contributed by atoms with E-state index in [9.17, 15) is 4.79 Å². The van der Waals surface area contributed by atoms with Crippen LogP contribution >= 0.6 is 22.9 Å². The van der Waals surface area contributed by atoms with E-state index < -0.39 is 0 Å². The molecule has 0 bridgehead atoms. The Morgan fingerprint density at radius 2 is 2.10 bits per heavy atom. The number of nitrogens with zero attached hydrogens (tertiary/aromatic N) is 2. The Labute approximate surface area is 129 Å². The molecule has 1 saturated heterocycles. The van der Waals surface area contributed by atoms with Gasteiger partial charge in [0.05, 0.1) is 10.3 Å². The minimum absolute atomic E-state index is 0.0161. The highest BCUT2D eigenvalue weighted by atomic mass is 35.5. The van der Waals surface area contributed by atoms with Gasteiger partial charge in [-0.05, 0) is 18.6 Å². The van der Waals surface area contributed by atoms with Crippen LogP contribution in [0.4, 0.5) is 0 Å². The lowest BCUT2D eigenvalue weighted by molar-refractivity contribution is -0.137. The summed E-state index contributed by atoms with van der Waals surface area (Å²) < 4.78 is 0.836. The van der Waals surface area contributed by atoms with Crippen LogP contribution in [-0.4, -0.2) is 48.4 Å². The Bertz CT molecular complexity index is 439. The predicted octanol–water partition coefficient (Wildman–Crippen LogP) is 2.03.